The van der Waals surface area contributed by atoms with Gasteiger partial charge in [0.1, 0.15) is 5.69 Å². The highest BCUT2D eigenvalue weighted by Crippen LogP contribution is 2.40. The fourth-order valence-electron chi connectivity index (χ4n) is 6.27. The Morgan fingerprint density at radius 2 is 1.80 bits per heavy atom. The van der Waals surface area contributed by atoms with Crippen molar-refractivity contribution >= 4 is 44.2 Å². The van der Waals surface area contributed by atoms with Gasteiger partial charge in [-0.15, -0.1) is 0 Å². The van der Waals surface area contributed by atoms with Crippen LogP contribution in [0.4, 0.5) is 17.3 Å². The quantitative estimate of drug-likeness (QED) is 0.286. The molecule has 45 heavy (non-hydrogen) atoms. The molecule has 2 saturated heterocycles. The number of piperazine rings is 1. The lowest BCUT2D eigenvalue weighted by molar-refractivity contribution is 0.101. The minimum Gasteiger partial charge on any atom is -0.492 e. The first kappa shape index (κ1) is 30.7. The van der Waals surface area contributed by atoms with Gasteiger partial charge in [0.05, 0.1) is 30.3 Å². The van der Waals surface area contributed by atoms with Crippen LogP contribution in [0.5, 0.6) is 17.4 Å². The SMILES string of the molecule is COc1c(NC(=O)c2cc3cccc(Oc4ccnc(N5CC6CC5CN6C)n4)c3n2C)cc(C(C)(C)C)cc1NS(C)(=O)=O. The van der Waals surface area contributed by atoms with Crippen molar-refractivity contribution in [1.82, 2.24) is 19.4 Å². The van der Waals surface area contributed by atoms with Crippen molar-refractivity contribution in [1.29, 1.82) is 0 Å². The molecule has 6 rings (SSSR count). The summed E-state index contributed by atoms with van der Waals surface area (Å²) in [4.78, 5) is 27.7. The maximum atomic E-state index is 13.8. The Morgan fingerprint density at radius 3 is 2.44 bits per heavy atom. The molecule has 2 N–H and O–H groups in total. The summed E-state index contributed by atoms with van der Waals surface area (Å²) in [5.74, 6) is 1.44. The van der Waals surface area contributed by atoms with Crippen molar-refractivity contribution < 1.29 is 22.7 Å². The Hall–Kier alpha value is -4.36. The van der Waals surface area contributed by atoms with E-state index in [-0.39, 0.29) is 16.9 Å². The number of aromatic nitrogens is 3. The molecule has 0 aliphatic carbocycles. The van der Waals surface area contributed by atoms with Crippen molar-refractivity contribution in [3.05, 3.63) is 59.9 Å². The molecular formula is C32H39N7O5S. The Kier molecular flexibility index (Phi) is 7.64. The van der Waals surface area contributed by atoms with E-state index in [4.69, 9.17) is 14.5 Å². The van der Waals surface area contributed by atoms with E-state index in [2.05, 4.69) is 31.9 Å². The maximum absolute atomic E-state index is 13.8. The summed E-state index contributed by atoms with van der Waals surface area (Å²) >= 11 is 0. The van der Waals surface area contributed by atoms with Gasteiger partial charge >= 0.3 is 0 Å². The number of ether oxygens (including phenoxy) is 2. The van der Waals surface area contributed by atoms with E-state index in [1.165, 1.54) is 7.11 Å². The van der Waals surface area contributed by atoms with E-state index in [0.717, 1.165) is 42.2 Å². The summed E-state index contributed by atoms with van der Waals surface area (Å²) in [7, 11) is 1.78. The van der Waals surface area contributed by atoms with Crippen molar-refractivity contribution in [3.63, 3.8) is 0 Å². The second kappa shape index (κ2) is 11.2. The molecule has 2 aliphatic heterocycles. The van der Waals surface area contributed by atoms with Crippen LogP contribution >= 0.6 is 0 Å². The van der Waals surface area contributed by atoms with E-state index in [0.29, 0.717) is 41.0 Å². The summed E-state index contributed by atoms with van der Waals surface area (Å²) in [6.45, 7) is 7.90. The number of carbonyl (C=O) groups excluding carboxylic acids is 1. The lowest BCUT2D eigenvalue weighted by atomic mass is 9.86. The third-order valence-corrected chi connectivity index (χ3v) is 9.15. The largest absolute Gasteiger partial charge is 0.492 e. The van der Waals surface area contributed by atoms with Crippen molar-refractivity contribution in [2.75, 3.05) is 48.4 Å². The molecule has 12 nitrogen and oxygen atoms in total. The van der Waals surface area contributed by atoms with Gasteiger partial charge in [-0.3, -0.25) is 14.4 Å². The van der Waals surface area contributed by atoms with Crippen molar-refractivity contribution in [3.8, 4) is 17.4 Å². The monoisotopic (exact) mass is 633 g/mol. The summed E-state index contributed by atoms with van der Waals surface area (Å²) in [6, 6.07) is 13.6. The predicted octanol–water partition coefficient (Wildman–Crippen LogP) is 4.58. The number of hydrogen-bond donors (Lipinski definition) is 2. The number of rotatable bonds is 8. The third kappa shape index (κ3) is 6.01. The van der Waals surface area contributed by atoms with Crippen LogP contribution in [0.2, 0.25) is 0 Å². The van der Waals surface area contributed by atoms with Gasteiger partial charge < -0.3 is 24.3 Å². The van der Waals surface area contributed by atoms with E-state index in [1.807, 2.05) is 39.0 Å². The normalized spacial score (nSPS) is 18.4. The van der Waals surface area contributed by atoms with Crippen LogP contribution in [0.1, 0.15) is 43.2 Å². The molecule has 2 fully saturated rings. The maximum Gasteiger partial charge on any atom is 0.272 e. The second-order valence-electron chi connectivity index (χ2n) is 12.9. The highest BCUT2D eigenvalue weighted by atomic mass is 32.2. The number of nitrogens with one attached hydrogen (secondary N) is 2. The molecular weight excluding hydrogens is 594 g/mol. The van der Waals surface area contributed by atoms with E-state index in [1.54, 1.807) is 42.1 Å². The second-order valence-corrected chi connectivity index (χ2v) is 14.6. The van der Waals surface area contributed by atoms with Crippen LogP contribution in [0.15, 0.2) is 48.7 Å². The number of amides is 1. The fourth-order valence-corrected chi connectivity index (χ4v) is 6.82. The van der Waals surface area contributed by atoms with Crippen molar-refractivity contribution in [2.24, 2.45) is 7.05 Å². The number of benzene rings is 2. The predicted molar refractivity (Wildman–Crippen MR) is 175 cm³/mol. The number of methoxy groups -OCH3 is 1. The summed E-state index contributed by atoms with van der Waals surface area (Å²) < 4.78 is 40.5. The van der Waals surface area contributed by atoms with E-state index < -0.39 is 15.9 Å². The number of hydrogen-bond acceptors (Lipinski definition) is 9. The number of anilines is 3. The molecule has 4 heterocycles. The molecule has 238 valence electrons. The minimum absolute atomic E-state index is 0.210. The first-order valence-corrected chi connectivity index (χ1v) is 16.7. The molecule has 2 atom stereocenters. The Labute approximate surface area is 263 Å². The number of sulfonamides is 1. The third-order valence-electron chi connectivity index (χ3n) is 8.56. The Balaban J connectivity index is 1.30. The van der Waals surface area contributed by atoms with Crippen LogP contribution in [0.25, 0.3) is 10.9 Å². The average molecular weight is 634 g/mol. The Bertz CT molecular complexity index is 1900. The van der Waals surface area contributed by atoms with Gasteiger partial charge in [0.15, 0.2) is 11.5 Å². The minimum atomic E-state index is -3.61. The zero-order valence-corrected chi connectivity index (χ0v) is 27.4. The highest BCUT2D eigenvalue weighted by molar-refractivity contribution is 7.92. The van der Waals surface area contributed by atoms with Gasteiger partial charge in [0.2, 0.25) is 21.9 Å². The van der Waals surface area contributed by atoms with Gasteiger partial charge in [-0.25, -0.2) is 13.4 Å². The number of likely N-dealkylation sites (tertiary alicyclic amines) is 1. The van der Waals surface area contributed by atoms with Crippen molar-refractivity contribution in [2.45, 2.75) is 44.7 Å². The van der Waals surface area contributed by atoms with Crippen LogP contribution in [-0.4, -0.2) is 79.3 Å². The number of likely N-dealkylation sites (N-methyl/N-ethyl adjacent to an activating group) is 1. The number of para-hydroxylation sites is 1. The summed E-state index contributed by atoms with van der Waals surface area (Å²) in [6.07, 6.45) is 3.89. The van der Waals surface area contributed by atoms with Crippen LogP contribution in [0.3, 0.4) is 0 Å². The number of nitrogens with zero attached hydrogens (tertiary/aromatic N) is 5. The first-order chi connectivity index (χ1) is 21.2. The van der Waals surface area contributed by atoms with E-state index in [9.17, 15) is 13.2 Å². The molecule has 4 aromatic rings. The molecule has 2 aliphatic rings. The van der Waals surface area contributed by atoms with Crippen LogP contribution in [0, 0.1) is 0 Å². The van der Waals surface area contributed by atoms with Gasteiger partial charge in [-0.05, 0) is 48.7 Å². The van der Waals surface area contributed by atoms with Crippen LogP contribution in [-0.2, 0) is 22.5 Å². The van der Waals surface area contributed by atoms with Crippen LogP contribution < -0.4 is 24.4 Å². The standard InChI is InChI=1S/C32H39N7O5S/c1-32(2,3)20-14-23(29(43-6)24(15-20)36-45(7,41)42)34-30(40)25-13-19-9-8-10-26(28(19)38(25)5)44-27-11-12-33-31(35-27)39-18-21-16-22(39)17-37(21)4/h8-15,21-22,36H,16-18H2,1-7H3,(H,34,40). The number of fused-ring (bicyclic) bond motifs is 3. The lowest BCUT2D eigenvalue weighted by Gasteiger charge is -2.31. The van der Waals surface area contributed by atoms with Gasteiger partial charge in [0.25, 0.3) is 5.91 Å². The molecule has 1 amide bonds. The fraction of sp³-hybridized carbons (Fsp3) is 0.406. The number of carbonyl (C=O) groups is 1. The topological polar surface area (TPSA) is 131 Å². The van der Waals surface area contributed by atoms with Gasteiger partial charge in [0, 0.05) is 49.9 Å². The van der Waals surface area contributed by atoms with Gasteiger partial charge in [-0.2, -0.15) is 4.98 Å². The van der Waals surface area contributed by atoms with Gasteiger partial charge in [-0.1, -0.05) is 32.9 Å². The molecule has 2 bridgehead atoms. The summed E-state index contributed by atoms with van der Waals surface area (Å²) in [5.41, 5.74) is 2.17. The highest BCUT2D eigenvalue weighted by Gasteiger charge is 2.42. The van der Waals surface area contributed by atoms with E-state index >= 15 is 0 Å². The molecule has 0 radical (unpaired) electrons. The molecule has 2 aromatic heterocycles. The molecule has 0 saturated carbocycles. The molecule has 13 heteroatoms. The zero-order chi connectivity index (χ0) is 32.3. The average Bonchev–Trinajstić information content (AvgIpc) is 3.64. The zero-order valence-electron chi connectivity index (χ0n) is 26.6. The molecule has 2 aromatic carbocycles. The molecule has 2 unspecified atom stereocenters. The number of aryl methyl sites for hydroxylation is 1. The summed E-state index contributed by atoms with van der Waals surface area (Å²) in [5, 5.41) is 3.76. The smallest absolute Gasteiger partial charge is 0.272 e. The first-order valence-electron chi connectivity index (χ1n) is 14.8. The molecule has 0 spiro atoms. The Morgan fingerprint density at radius 1 is 1.04 bits per heavy atom. The lowest BCUT2D eigenvalue weighted by Crippen LogP contribution is -2.45.